The molecule has 1 saturated carbocycles. The van der Waals surface area contributed by atoms with Crippen LogP contribution < -0.4 is 16.0 Å². The van der Waals surface area contributed by atoms with Crippen molar-refractivity contribution >= 4 is 23.3 Å². The lowest BCUT2D eigenvalue weighted by atomic mass is 9.79. The van der Waals surface area contributed by atoms with Gasteiger partial charge in [0.1, 0.15) is 0 Å². The number of nitrogens with one attached hydrogen (secondary N) is 3. The maximum absolute atomic E-state index is 14.2. The summed E-state index contributed by atoms with van der Waals surface area (Å²) >= 11 is 0. The van der Waals surface area contributed by atoms with Gasteiger partial charge >= 0.3 is 6.03 Å². The number of hydrogen-bond donors (Lipinski definition) is 3. The van der Waals surface area contributed by atoms with Gasteiger partial charge in [-0.05, 0) is 48.6 Å². The number of benzene rings is 2. The summed E-state index contributed by atoms with van der Waals surface area (Å²) in [7, 11) is 0. The molecule has 2 aliphatic heterocycles. The molecule has 3 heterocycles. The minimum absolute atomic E-state index is 0.0296. The van der Waals surface area contributed by atoms with Crippen LogP contribution in [0.1, 0.15) is 55.3 Å². The van der Waals surface area contributed by atoms with Crippen molar-refractivity contribution in [2.24, 2.45) is 11.8 Å². The van der Waals surface area contributed by atoms with Gasteiger partial charge in [0.15, 0.2) is 0 Å². The van der Waals surface area contributed by atoms with E-state index in [2.05, 4.69) is 74.4 Å². The number of urea groups is 1. The number of para-hydroxylation sites is 1. The lowest BCUT2D eigenvalue weighted by Crippen LogP contribution is -2.51. The standard InChI is InChI=1S/C30H33N5O2/c36-29(23-13-5-7-15-26(23)34-30(37)32-21-11-8-17-31-19-21)35-18-16-24-27(20-9-2-1-3-10-20)33-25-14-6-4-12-22(25)28(24)35/h1-4,6,8-12,14,17,19,23-24,26-28,33H,5,7,13,15-16,18H2,(H2,32,34,37)/t23-,24+,26?,27-,28-/m0/s1. The van der Waals surface area contributed by atoms with Crippen LogP contribution in [-0.4, -0.2) is 34.4 Å². The van der Waals surface area contributed by atoms with Gasteiger partial charge in [0, 0.05) is 30.4 Å². The van der Waals surface area contributed by atoms with Crippen LogP contribution in [0.15, 0.2) is 79.1 Å². The highest BCUT2D eigenvalue weighted by Crippen LogP contribution is 2.51. The molecule has 3 aromatic rings. The number of hydrogen-bond acceptors (Lipinski definition) is 4. The monoisotopic (exact) mass is 495 g/mol. The fourth-order valence-electron chi connectivity index (χ4n) is 6.55. The van der Waals surface area contributed by atoms with Crippen molar-refractivity contribution in [2.75, 3.05) is 17.2 Å². The quantitative estimate of drug-likeness (QED) is 0.445. The molecule has 37 heavy (non-hydrogen) atoms. The Bertz CT molecular complexity index is 1250. The number of aromatic nitrogens is 1. The molecule has 6 rings (SSSR count). The van der Waals surface area contributed by atoms with Crippen LogP contribution in [-0.2, 0) is 4.79 Å². The Morgan fingerprint density at radius 1 is 0.919 bits per heavy atom. The first-order valence-electron chi connectivity index (χ1n) is 13.4. The largest absolute Gasteiger partial charge is 0.378 e. The first-order valence-corrected chi connectivity index (χ1v) is 13.4. The van der Waals surface area contributed by atoms with Crippen molar-refractivity contribution in [1.29, 1.82) is 0 Å². The van der Waals surface area contributed by atoms with E-state index in [-0.39, 0.29) is 36.0 Å². The molecule has 2 aromatic carbocycles. The van der Waals surface area contributed by atoms with Crippen LogP contribution in [0.3, 0.4) is 0 Å². The molecular weight excluding hydrogens is 462 g/mol. The number of fused-ring (bicyclic) bond motifs is 3. The highest BCUT2D eigenvalue weighted by Gasteiger charge is 2.48. The first-order chi connectivity index (χ1) is 18.2. The van der Waals surface area contributed by atoms with Crippen molar-refractivity contribution < 1.29 is 9.59 Å². The molecule has 2 fully saturated rings. The van der Waals surface area contributed by atoms with Gasteiger partial charge in [-0.1, -0.05) is 61.4 Å². The topological polar surface area (TPSA) is 86.4 Å². The summed E-state index contributed by atoms with van der Waals surface area (Å²) < 4.78 is 0. The maximum atomic E-state index is 14.2. The van der Waals surface area contributed by atoms with Crippen molar-refractivity contribution in [3.63, 3.8) is 0 Å². The molecule has 190 valence electrons. The number of rotatable bonds is 4. The maximum Gasteiger partial charge on any atom is 0.319 e. The second-order valence-corrected chi connectivity index (χ2v) is 10.4. The molecule has 3 aliphatic rings. The SMILES string of the molecule is O=C(Nc1cccnc1)NC1CCCC[C@@H]1C(=O)N1CC[C@@H]2[C@H](c3ccccc3)Nc3ccccc3[C@@H]21. The third-order valence-electron chi connectivity index (χ3n) is 8.22. The molecule has 1 aliphatic carbocycles. The average molecular weight is 496 g/mol. The molecule has 7 heteroatoms. The third-order valence-corrected chi connectivity index (χ3v) is 8.22. The van der Waals surface area contributed by atoms with E-state index >= 15 is 0 Å². The summed E-state index contributed by atoms with van der Waals surface area (Å²) in [5.41, 5.74) is 4.19. The van der Waals surface area contributed by atoms with Gasteiger partial charge in [-0.2, -0.15) is 0 Å². The molecule has 1 aromatic heterocycles. The minimum atomic E-state index is -0.284. The van der Waals surface area contributed by atoms with Gasteiger partial charge in [-0.25, -0.2) is 4.79 Å². The van der Waals surface area contributed by atoms with Gasteiger partial charge < -0.3 is 20.9 Å². The number of amides is 3. The number of carbonyl (C=O) groups excluding carboxylic acids is 2. The first kappa shape index (κ1) is 23.5. The summed E-state index contributed by atoms with van der Waals surface area (Å²) in [5, 5.41) is 9.74. The Kier molecular flexibility index (Phi) is 6.51. The molecular formula is C30H33N5O2. The molecule has 5 atom stereocenters. The molecule has 0 bridgehead atoms. The molecule has 0 spiro atoms. The Hall–Kier alpha value is -3.87. The van der Waals surface area contributed by atoms with E-state index in [1.54, 1.807) is 24.5 Å². The van der Waals surface area contributed by atoms with Gasteiger partial charge in [0.25, 0.3) is 0 Å². The Morgan fingerprint density at radius 2 is 1.73 bits per heavy atom. The van der Waals surface area contributed by atoms with Crippen LogP contribution >= 0.6 is 0 Å². The van der Waals surface area contributed by atoms with Crippen LogP contribution in [0.25, 0.3) is 0 Å². The third kappa shape index (κ3) is 4.66. The molecule has 3 amide bonds. The normalized spacial score (nSPS) is 26.4. The predicted octanol–water partition coefficient (Wildman–Crippen LogP) is 5.52. The van der Waals surface area contributed by atoms with Crippen molar-refractivity contribution in [1.82, 2.24) is 15.2 Å². The Balaban J connectivity index is 1.24. The van der Waals surface area contributed by atoms with Crippen molar-refractivity contribution in [3.05, 3.63) is 90.3 Å². The summed E-state index contributed by atoms with van der Waals surface area (Å²) in [5.74, 6) is 0.247. The molecule has 1 saturated heterocycles. The molecule has 0 radical (unpaired) electrons. The van der Waals surface area contributed by atoms with Gasteiger partial charge in [0.2, 0.25) is 5.91 Å². The Morgan fingerprint density at radius 3 is 2.57 bits per heavy atom. The second kappa shape index (κ2) is 10.2. The Labute approximate surface area is 217 Å². The van der Waals surface area contributed by atoms with E-state index in [0.29, 0.717) is 11.6 Å². The summed E-state index contributed by atoms with van der Waals surface area (Å²) in [4.78, 5) is 33.1. The highest BCUT2D eigenvalue weighted by atomic mass is 16.2. The van der Waals surface area contributed by atoms with E-state index in [9.17, 15) is 9.59 Å². The number of pyridine rings is 1. The minimum Gasteiger partial charge on any atom is -0.378 e. The number of anilines is 2. The summed E-state index contributed by atoms with van der Waals surface area (Å²) in [6.45, 7) is 0.735. The van der Waals surface area contributed by atoms with Crippen molar-refractivity contribution in [3.8, 4) is 0 Å². The zero-order valence-corrected chi connectivity index (χ0v) is 20.8. The van der Waals surface area contributed by atoms with Crippen LogP contribution in [0.4, 0.5) is 16.2 Å². The van der Waals surface area contributed by atoms with Gasteiger partial charge in [-0.15, -0.1) is 0 Å². The predicted molar refractivity (Wildman–Crippen MR) is 144 cm³/mol. The molecule has 7 nitrogen and oxygen atoms in total. The van der Waals surface area contributed by atoms with Gasteiger partial charge in [0.05, 0.1) is 29.9 Å². The van der Waals surface area contributed by atoms with E-state index in [4.69, 9.17) is 0 Å². The molecule has 1 unspecified atom stereocenters. The van der Waals surface area contributed by atoms with Crippen LogP contribution in [0.5, 0.6) is 0 Å². The lowest BCUT2D eigenvalue weighted by Gasteiger charge is -2.42. The van der Waals surface area contributed by atoms with E-state index in [1.807, 2.05) is 6.07 Å². The van der Waals surface area contributed by atoms with Crippen LogP contribution in [0.2, 0.25) is 0 Å². The zero-order chi connectivity index (χ0) is 25.2. The highest BCUT2D eigenvalue weighted by molar-refractivity contribution is 5.90. The second-order valence-electron chi connectivity index (χ2n) is 10.4. The summed E-state index contributed by atoms with van der Waals surface area (Å²) in [6.07, 6.45) is 7.86. The fraction of sp³-hybridized carbons (Fsp3) is 0.367. The van der Waals surface area contributed by atoms with Crippen LogP contribution in [0, 0.1) is 11.8 Å². The zero-order valence-electron chi connectivity index (χ0n) is 20.8. The average Bonchev–Trinajstić information content (AvgIpc) is 3.39. The number of likely N-dealkylation sites (tertiary alicyclic amines) is 1. The summed E-state index contributed by atoms with van der Waals surface area (Å²) in [6, 6.07) is 22.3. The molecule has 3 N–H and O–H groups in total. The van der Waals surface area contributed by atoms with E-state index in [0.717, 1.165) is 44.3 Å². The van der Waals surface area contributed by atoms with Crippen molar-refractivity contribution in [2.45, 2.75) is 50.2 Å². The smallest absolute Gasteiger partial charge is 0.319 e. The number of carbonyl (C=O) groups is 2. The van der Waals surface area contributed by atoms with E-state index < -0.39 is 0 Å². The lowest BCUT2D eigenvalue weighted by molar-refractivity contribution is -0.138. The van der Waals surface area contributed by atoms with Gasteiger partial charge in [-0.3, -0.25) is 9.78 Å². The fourth-order valence-corrected chi connectivity index (χ4v) is 6.55. The number of nitrogens with zero attached hydrogens (tertiary/aromatic N) is 2. The van der Waals surface area contributed by atoms with E-state index in [1.165, 1.54) is 11.1 Å².